The van der Waals surface area contributed by atoms with Gasteiger partial charge in [0.1, 0.15) is 10.7 Å². The lowest BCUT2D eigenvalue weighted by Gasteiger charge is -2.26. The summed E-state index contributed by atoms with van der Waals surface area (Å²) in [5.74, 6) is 0.697. The SMILES string of the molecule is O=S(=O)(c1ccc(NC2CCc3ccccc32)nc1)N1CCOCC1. The molecule has 2 heterocycles. The van der Waals surface area contributed by atoms with E-state index in [1.165, 1.54) is 21.6 Å². The highest BCUT2D eigenvalue weighted by atomic mass is 32.2. The molecule has 1 fully saturated rings. The summed E-state index contributed by atoms with van der Waals surface area (Å²) >= 11 is 0. The van der Waals surface area contributed by atoms with Crippen LogP contribution in [0.25, 0.3) is 0 Å². The van der Waals surface area contributed by atoms with Gasteiger partial charge in [0, 0.05) is 19.3 Å². The van der Waals surface area contributed by atoms with Gasteiger partial charge in [-0.1, -0.05) is 24.3 Å². The number of nitrogens with zero attached hydrogens (tertiary/aromatic N) is 2. The molecule has 0 spiro atoms. The van der Waals surface area contributed by atoms with Gasteiger partial charge >= 0.3 is 0 Å². The standard InChI is InChI=1S/C18H21N3O3S/c22-25(23,21-9-11-24-12-10-21)15-6-8-18(19-13-15)20-17-7-5-14-3-1-2-4-16(14)17/h1-4,6,8,13,17H,5,7,9-12H2,(H,19,20). The summed E-state index contributed by atoms with van der Waals surface area (Å²) in [5, 5.41) is 3.42. The average molecular weight is 359 g/mol. The Bertz CT molecular complexity index is 846. The fraction of sp³-hybridized carbons (Fsp3) is 0.389. The fourth-order valence-corrected chi connectivity index (χ4v) is 4.79. The maximum Gasteiger partial charge on any atom is 0.244 e. The minimum absolute atomic E-state index is 0.227. The third-order valence-electron chi connectivity index (χ3n) is 4.80. The molecule has 0 amide bonds. The number of benzene rings is 1. The quantitative estimate of drug-likeness (QED) is 0.906. The van der Waals surface area contributed by atoms with Crippen LogP contribution in [0.4, 0.5) is 5.82 Å². The zero-order valence-electron chi connectivity index (χ0n) is 13.9. The van der Waals surface area contributed by atoms with Crippen molar-refractivity contribution in [3.05, 3.63) is 53.7 Å². The first-order valence-electron chi connectivity index (χ1n) is 8.53. The number of fused-ring (bicyclic) bond motifs is 1. The largest absolute Gasteiger partial charge is 0.379 e. The molecular formula is C18H21N3O3S. The van der Waals surface area contributed by atoms with Crippen LogP contribution in [0.5, 0.6) is 0 Å². The third kappa shape index (κ3) is 3.27. The molecule has 7 heteroatoms. The van der Waals surface area contributed by atoms with E-state index in [0.29, 0.717) is 32.1 Å². The van der Waals surface area contributed by atoms with Crippen LogP contribution in [-0.4, -0.2) is 44.0 Å². The van der Waals surface area contributed by atoms with E-state index in [-0.39, 0.29) is 10.9 Å². The second-order valence-electron chi connectivity index (χ2n) is 6.33. The highest BCUT2D eigenvalue weighted by Gasteiger charge is 2.27. The molecule has 1 unspecified atom stereocenters. The van der Waals surface area contributed by atoms with Crippen LogP contribution < -0.4 is 5.32 Å². The van der Waals surface area contributed by atoms with Crippen molar-refractivity contribution in [2.45, 2.75) is 23.8 Å². The topological polar surface area (TPSA) is 71.5 Å². The summed E-state index contributed by atoms with van der Waals surface area (Å²) < 4.78 is 31.9. The van der Waals surface area contributed by atoms with Crippen LogP contribution >= 0.6 is 0 Å². The van der Waals surface area contributed by atoms with Gasteiger partial charge in [-0.05, 0) is 36.1 Å². The van der Waals surface area contributed by atoms with E-state index in [9.17, 15) is 8.42 Å². The van der Waals surface area contributed by atoms with Crippen LogP contribution in [-0.2, 0) is 21.2 Å². The van der Waals surface area contributed by atoms with E-state index in [0.717, 1.165) is 12.8 Å². The number of hydrogen-bond acceptors (Lipinski definition) is 5. The van der Waals surface area contributed by atoms with Crippen molar-refractivity contribution in [2.75, 3.05) is 31.6 Å². The van der Waals surface area contributed by atoms with Crippen LogP contribution in [0.2, 0.25) is 0 Å². The second-order valence-corrected chi connectivity index (χ2v) is 8.27. The smallest absolute Gasteiger partial charge is 0.244 e. The Balaban J connectivity index is 1.49. The average Bonchev–Trinajstić information content (AvgIpc) is 3.06. The summed E-state index contributed by atoms with van der Waals surface area (Å²) in [5.41, 5.74) is 2.67. The number of pyridine rings is 1. The predicted molar refractivity (Wildman–Crippen MR) is 94.9 cm³/mol. The van der Waals surface area contributed by atoms with Crippen LogP contribution in [0.15, 0.2) is 47.5 Å². The summed E-state index contributed by atoms with van der Waals surface area (Å²) in [4.78, 5) is 4.56. The molecule has 6 nitrogen and oxygen atoms in total. The molecule has 132 valence electrons. The number of rotatable bonds is 4. The van der Waals surface area contributed by atoms with Gasteiger partial charge in [-0.2, -0.15) is 4.31 Å². The van der Waals surface area contributed by atoms with Crippen LogP contribution in [0.3, 0.4) is 0 Å². The van der Waals surface area contributed by atoms with Crippen molar-refractivity contribution < 1.29 is 13.2 Å². The Labute approximate surface area is 147 Å². The van der Waals surface area contributed by atoms with Gasteiger partial charge in [-0.25, -0.2) is 13.4 Å². The van der Waals surface area contributed by atoms with E-state index in [1.54, 1.807) is 12.1 Å². The van der Waals surface area contributed by atoms with Crippen molar-refractivity contribution >= 4 is 15.8 Å². The summed E-state index contributed by atoms with van der Waals surface area (Å²) in [6.45, 7) is 1.66. The number of sulfonamides is 1. The minimum Gasteiger partial charge on any atom is -0.379 e. The van der Waals surface area contributed by atoms with E-state index in [1.807, 2.05) is 6.07 Å². The second kappa shape index (κ2) is 6.74. The third-order valence-corrected chi connectivity index (χ3v) is 6.68. The van der Waals surface area contributed by atoms with Gasteiger partial charge in [0.2, 0.25) is 10.0 Å². The Morgan fingerprint density at radius 1 is 1.12 bits per heavy atom. The first-order chi connectivity index (χ1) is 12.1. The Morgan fingerprint density at radius 3 is 2.68 bits per heavy atom. The van der Waals surface area contributed by atoms with E-state index in [4.69, 9.17) is 4.74 Å². The molecule has 1 aliphatic carbocycles. The van der Waals surface area contributed by atoms with E-state index in [2.05, 4.69) is 28.5 Å². The van der Waals surface area contributed by atoms with Gasteiger partial charge in [-0.3, -0.25) is 0 Å². The number of anilines is 1. The molecule has 25 heavy (non-hydrogen) atoms. The lowest BCUT2D eigenvalue weighted by Crippen LogP contribution is -2.40. The van der Waals surface area contributed by atoms with E-state index >= 15 is 0 Å². The zero-order valence-corrected chi connectivity index (χ0v) is 14.7. The zero-order chi connectivity index (χ0) is 17.3. The Hall–Kier alpha value is -1.96. The van der Waals surface area contributed by atoms with Crippen LogP contribution in [0, 0.1) is 0 Å². The number of aryl methyl sites for hydroxylation is 1. The maximum absolute atomic E-state index is 12.6. The monoisotopic (exact) mass is 359 g/mol. The minimum atomic E-state index is -3.49. The molecule has 1 aromatic carbocycles. The van der Waals surface area contributed by atoms with Crippen LogP contribution in [0.1, 0.15) is 23.6 Å². The molecule has 1 N–H and O–H groups in total. The van der Waals surface area contributed by atoms with Crippen molar-refractivity contribution in [3.63, 3.8) is 0 Å². The summed E-state index contributed by atoms with van der Waals surface area (Å²) in [6, 6.07) is 12.0. The summed E-state index contributed by atoms with van der Waals surface area (Å²) in [6.07, 6.45) is 3.51. The van der Waals surface area contributed by atoms with Crippen molar-refractivity contribution in [3.8, 4) is 0 Å². The van der Waals surface area contributed by atoms with E-state index < -0.39 is 10.0 Å². The molecule has 2 aliphatic rings. The van der Waals surface area contributed by atoms with Gasteiger partial charge < -0.3 is 10.1 Å². The first-order valence-corrected chi connectivity index (χ1v) is 9.97. The fourth-order valence-electron chi connectivity index (χ4n) is 3.44. The predicted octanol–water partition coefficient (Wildman–Crippen LogP) is 2.20. The number of nitrogens with one attached hydrogen (secondary N) is 1. The molecule has 2 aromatic rings. The van der Waals surface area contributed by atoms with Crippen molar-refractivity contribution in [2.24, 2.45) is 0 Å². The molecule has 4 rings (SSSR count). The van der Waals surface area contributed by atoms with Gasteiger partial charge in [0.15, 0.2) is 0 Å². The van der Waals surface area contributed by atoms with Crippen molar-refractivity contribution in [1.29, 1.82) is 0 Å². The molecular weight excluding hydrogens is 338 g/mol. The number of morpholine rings is 1. The Kier molecular flexibility index (Phi) is 4.45. The van der Waals surface area contributed by atoms with Gasteiger partial charge in [0.25, 0.3) is 0 Å². The highest BCUT2D eigenvalue weighted by Crippen LogP contribution is 2.33. The molecule has 0 saturated carbocycles. The molecule has 1 aromatic heterocycles. The molecule has 1 atom stereocenters. The normalized spacial score (nSPS) is 21.0. The highest BCUT2D eigenvalue weighted by molar-refractivity contribution is 7.89. The molecule has 1 saturated heterocycles. The number of ether oxygens (including phenoxy) is 1. The lowest BCUT2D eigenvalue weighted by atomic mass is 10.1. The van der Waals surface area contributed by atoms with Crippen molar-refractivity contribution in [1.82, 2.24) is 9.29 Å². The first kappa shape index (κ1) is 16.5. The molecule has 1 aliphatic heterocycles. The lowest BCUT2D eigenvalue weighted by molar-refractivity contribution is 0.0730. The molecule has 0 bridgehead atoms. The van der Waals surface area contributed by atoms with Gasteiger partial charge in [-0.15, -0.1) is 0 Å². The Morgan fingerprint density at radius 2 is 1.92 bits per heavy atom. The summed E-state index contributed by atoms with van der Waals surface area (Å²) in [7, 11) is -3.49. The number of aromatic nitrogens is 1. The number of hydrogen-bond donors (Lipinski definition) is 1. The molecule has 0 radical (unpaired) electrons. The maximum atomic E-state index is 12.6. The van der Waals surface area contributed by atoms with Gasteiger partial charge in [0.05, 0.1) is 19.3 Å².